The van der Waals surface area contributed by atoms with Gasteiger partial charge in [0.05, 0.1) is 18.4 Å². The van der Waals surface area contributed by atoms with Crippen molar-refractivity contribution in [2.45, 2.75) is 6.42 Å². The molecule has 122 valence electrons. The van der Waals surface area contributed by atoms with Crippen LogP contribution in [0.4, 0.5) is 10.1 Å². The van der Waals surface area contributed by atoms with Crippen LogP contribution in [0.2, 0.25) is 10.0 Å². The zero-order chi connectivity index (χ0) is 17.1. The first-order valence-corrected chi connectivity index (χ1v) is 7.81. The zero-order valence-electron chi connectivity index (χ0n) is 12.3. The number of amides is 1. The van der Waals surface area contributed by atoms with Crippen LogP contribution in [-0.2, 0) is 11.2 Å². The molecule has 1 N–H and O–H groups in total. The summed E-state index contributed by atoms with van der Waals surface area (Å²) in [7, 11) is 0. The summed E-state index contributed by atoms with van der Waals surface area (Å²) in [5, 5.41) is 3.47. The van der Waals surface area contributed by atoms with Gasteiger partial charge in [0.15, 0.2) is 0 Å². The Morgan fingerprint density at radius 2 is 1.96 bits per heavy atom. The number of nitrogens with zero attached hydrogens (tertiary/aromatic N) is 2. The SMILES string of the molecule is O=C(Cc1c(Cl)cccc1Cl)Nc1ccc(-n2ccnc2)c(F)c1. The van der Waals surface area contributed by atoms with Crippen LogP contribution in [0.3, 0.4) is 0 Å². The molecular formula is C17H12Cl2FN3O. The van der Waals surface area contributed by atoms with Gasteiger partial charge in [0.2, 0.25) is 5.91 Å². The molecule has 7 heteroatoms. The van der Waals surface area contributed by atoms with Crippen LogP contribution in [0.25, 0.3) is 5.69 Å². The largest absolute Gasteiger partial charge is 0.326 e. The Bertz CT molecular complexity index is 861. The molecule has 24 heavy (non-hydrogen) atoms. The third-order valence-electron chi connectivity index (χ3n) is 3.41. The van der Waals surface area contributed by atoms with Gasteiger partial charge in [0.25, 0.3) is 0 Å². The van der Waals surface area contributed by atoms with Crippen molar-refractivity contribution in [2.24, 2.45) is 0 Å². The summed E-state index contributed by atoms with van der Waals surface area (Å²) in [5.41, 5.74) is 1.23. The number of imidazole rings is 1. The smallest absolute Gasteiger partial charge is 0.228 e. The minimum Gasteiger partial charge on any atom is -0.326 e. The van der Waals surface area contributed by atoms with Gasteiger partial charge < -0.3 is 9.88 Å². The summed E-state index contributed by atoms with van der Waals surface area (Å²) in [4.78, 5) is 16.0. The minimum absolute atomic E-state index is 0.00337. The molecule has 0 aliphatic heterocycles. The molecule has 1 amide bonds. The second kappa shape index (κ2) is 7.03. The number of aromatic nitrogens is 2. The Hall–Kier alpha value is -2.37. The molecule has 1 heterocycles. The molecule has 0 aliphatic rings. The predicted molar refractivity (Wildman–Crippen MR) is 92.3 cm³/mol. The molecule has 0 bridgehead atoms. The van der Waals surface area contributed by atoms with E-state index in [1.165, 1.54) is 12.4 Å². The fourth-order valence-electron chi connectivity index (χ4n) is 2.26. The lowest BCUT2D eigenvalue weighted by Crippen LogP contribution is -2.15. The second-order valence-electron chi connectivity index (χ2n) is 5.06. The van der Waals surface area contributed by atoms with Crippen molar-refractivity contribution in [3.63, 3.8) is 0 Å². The number of halogens is 3. The molecule has 0 fully saturated rings. The van der Waals surface area contributed by atoms with Crippen molar-refractivity contribution in [1.29, 1.82) is 0 Å². The quantitative estimate of drug-likeness (QED) is 0.741. The Labute approximate surface area is 147 Å². The monoisotopic (exact) mass is 363 g/mol. The number of rotatable bonds is 4. The van der Waals surface area contributed by atoms with Crippen LogP contribution in [-0.4, -0.2) is 15.5 Å². The maximum Gasteiger partial charge on any atom is 0.228 e. The summed E-state index contributed by atoms with van der Waals surface area (Å²) in [5.74, 6) is -0.804. The van der Waals surface area contributed by atoms with Crippen LogP contribution in [0.1, 0.15) is 5.56 Å². The van der Waals surface area contributed by atoms with E-state index >= 15 is 0 Å². The normalized spacial score (nSPS) is 10.6. The first-order valence-electron chi connectivity index (χ1n) is 7.05. The zero-order valence-corrected chi connectivity index (χ0v) is 13.9. The number of hydrogen-bond donors (Lipinski definition) is 1. The van der Waals surface area contributed by atoms with E-state index in [1.54, 1.807) is 47.3 Å². The number of hydrogen-bond acceptors (Lipinski definition) is 2. The predicted octanol–water partition coefficient (Wildman–Crippen LogP) is 4.50. The highest BCUT2D eigenvalue weighted by Gasteiger charge is 2.12. The standard InChI is InChI=1S/C17H12Cl2FN3O/c18-13-2-1-3-14(19)12(13)9-17(24)22-11-4-5-16(15(20)8-11)23-7-6-21-10-23/h1-8,10H,9H2,(H,22,24). The highest BCUT2D eigenvalue weighted by molar-refractivity contribution is 6.36. The first kappa shape index (κ1) is 16.5. The van der Waals surface area contributed by atoms with Gasteiger partial charge in [-0.05, 0) is 35.9 Å². The molecule has 0 unspecified atom stereocenters. The van der Waals surface area contributed by atoms with E-state index in [1.807, 2.05) is 0 Å². The maximum absolute atomic E-state index is 14.2. The van der Waals surface area contributed by atoms with Gasteiger partial charge in [-0.3, -0.25) is 4.79 Å². The Balaban J connectivity index is 1.74. The summed E-state index contributed by atoms with van der Waals surface area (Å²) < 4.78 is 15.7. The molecule has 0 atom stereocenters. The fourth-order valence-corrected chi connectivity index (χ4v) is 2.79. The molecule has 0 aliphatic carbocycles. The van der Waals surface area contributed by atoms with Gasteiger partial charge in [-0.15, -0.1) is 0 Å². The van der Waals surface area contributed by atoms with Gasteiger partial charge in [-0.1, -0.05) is 29.3 Å². The molecule has 0 radical (unpaired) electrons. The molecule has 2 aromatic carbocycles. The van der Waals surface area contributed by atoms with Crippen molar-refractivity contribution in [3.8, 4) is 5.69 Å². The lowest BCUT2D eigenvalue weighted by Gasteiger charge is -2.10. The van der Waals surface area contributed by atoms with Crippen molar-refractivity contribution in [1.82, 2.24) is 9.55 Å². The van der Waals surface area contributed by atoms with E-state index in [0.717, 1.165) is 0 Å². The van der Waals surface area contributed by atoms with Crippen LogP contribution in [0.5, 0.6) is 0 Å². The number of benzene rings is 2. The van der Waals surface area contributed by atoms with Crippen molar-refractivity contribution < 1.29 is 9.18 Å². The summed E-state index contributed by atoms with van der Waals surface area (Å²) in [6, 6.07) is 9.46. The molecule has 0 saturated carbocycles. The molecule has 3 rings (SSSR count). The topological polar surface area (TPSA) is 46.9 Å². The lowest BCUT2D eigenvalue weighted by atomic mass is 10.1. The number of anilines is 1. The van der Waals surface area contributed by atoms with Crippen LogP contribution in [0.15, 0.2) is 55.1 Å². The lowest BCUT2D eigenvalue weighted by molar-refractivity contribution is -0.115. The third kappa shape index (κ3) is 3.58. The molecule has 0 spiro atoms. The summed E-state index contributed by atoms with van der Waals surface area (Å²) in [6.07, 6.45) is 4.69. The molecule has 1 aromatic heterocycles. The summed E-state index contributed by atoms with van der Waals surface area (Å²) >= 11 is 12.1. The van der Waals surface area contributed by atoms with E-state index in [4.69, 9.17) is 23.2 Å². The molecule has 0 saturated heterocycles. The van der Waals surface area contributed by atoms with E-state index in [0.29, 0.717) is 27.0 Å². The van der Waals surface area contributed by atoms with E-state index in [-0.39, 0.29) is 12.3 Å². The summed E-state index contributed by atoms with van der Waals surface area (Å²) in [6.45, 7) is 0. The van der Waals surface area contributed by atoms with Crippen molar-refractivity contribution in [2.75, 3.05) is 5.32 Å². The second-order valence-corrected chi connectivity index (χ2v) is 5.88. The Morgan fingerprint density at radius 3 is 2.58 bits per heavy atom. The fraction of sp³-hybridized carbons (Fsp3) is 0.0588. The molecule has 4 nitrogen and oxygen atoms in total. The Kier molecular flexibility index (Phi) is 4.83. The van der Waals surface area contributed by atoms with Gasteiger partial charge in [0.1, 0.15) is 5.82 Å². The van der Waals surface area contributed by atoms with Crippen LogP contribution in [0, 0.1) is 5.82 Å². The number of carbonyl (C=O) groups is 1. The third-order valence-corrected chi connectivity index (χ3v) is 4.12. The molecule has 3 aromatic rings. The van der Waals surface area contributed by atoms with Crippen molar-refractivity contribution >= 4 is 34.8 Å². The first-order chi connectivity index (χ1) is 11.5. The average molecular weight is 364 g/mol. The van der Waals surface area contributed by atoms with Crippen molar-refractivity contribution in [3.05, 3.63) is 76.5 Å². The maximum atomic E-state index is 14.2. The highest BCUT2D eigenvalue weighted by atomic mass is 35.5. The van der Waals surface area contributed by atoms with E-state index in [9.17, 15) is 9.18 Å². The van der Waals surface area contributed by atoms with Gasteiger partial charge in [-0.2, -0.15) is 0 Å². The van der Waals surface area contributed by atoms with Crippen LogP contribution >= 0.6 is 23.2 Å². The van der Waals surface area contributed by atoms with Crippen LogP contribution < -0.4 is 5.32 Å². The van der Waals surface area contributed by atoms with E-state index < -0.39 is 5.82 Å². The minimum atomic E-state index is -0.471. The molecular weight excluding hydrogens is 352 g/mol. The Morgan fingerprint density at radius 1 is 1.21 bits per heavy atom. The van der Waals surface area contributed by atoms with E-state index in [2.05, 4.69) is 10.3 Å². The van der Waals surface area contributed by atoms with Gasteiger partial charge in [-0.25, -0.2) is 9.37 Å². The van der Waals surface area contributed by atoms with Gasteiger partial charge >= 0.3 is 0 Å². The average Bonchev–Trinajstić information content (AvgIpc) is 3.05. The number of carbonyl (C=O) groups excluding carboxylic acids is 1. The highest BCUT2D eigenvalue weighted by Crippen LogP contribution is 2.25. The number of nitrogens with one attached hydrogen (secondary N) is 1. The van der Waals surface area contributed by atoms with Gasteiger partial charge in [0, 0.05) is 28.1 Å².